The molecule has 3 rings (SSSR count). The van der Waals surface area contributed by atoms with Crippen molar-refractivity contribution in [2.24, 2.45) is 0 Å². The number of esters is 1. The predicted molar refractivity (Wildman–Crippen MR) is 114 cm³/mol. The molecule has 0 radical (unpaired) electrons. The Labute approximate surface area is 176 Å². The molecule has 0 bridgehead atoms. The maximum atomic E-state index is 12.8. The number of carbonyl (C=O) groups excluding carboxylic acids is 2. The van der Waals surface area contributed by atoms with Crippen molar-refractivity contribution < 1.29 is 23.8 Å². The third kappa shape index (κ3) is 4.91. The fraction of sp³-hybridized carbons (Fsp3) is 0.391. The molecule has 1 fully saturated rings. The molecule has 2 aromatic rings. The van der Waals surface area contributed by atoms with Gasteiger partial charge in [-0.05, 0) is 44.5 Å². The van der Waals surface area contributed by atoms with Crippen molar-refractivity contribution in [2.75, 3.05) is 39.2 Å². The van der Waals surface area contributed by atoms with Gasteiger partial charge in [-0.25, -0.2) is 4.79 Å². The highest BCUT2D eigenvalue weighted by Crippen LogP contribution is 2.38. The molecule has 0 aliphatic carbocycles. The molecule has 160 valence electrons. The molecule has 1 aliphatic rings. The highest BCUT2D eigenvalue weighted by atomic mass is 16.5. The van der Waals surface area contributed by atoms with Gasteiger partial charge in [-0.2, -0.15) is 0 Å². The van der Waals surface area contributed by atoms with Crippen LogP contribution in [0.5, 0.6) is 11.5 Å². The minimum absolute atomic E-state index is 0.0805. The Morgan fingerprint density at radius 3 is 2.67 bits per heavy atom. The second-order valence-electron chi connectivity index (χ2n) is 7.05. The maximum absolute atomic E-state index is 12.8. The van der Waals surface area contributed by atoms with E-state index in [4.69, 9.17) is 14.2 Å². The molecule has 1 heterocycles. The van der Waals surface area contributed by atoms with Crippen LogP contribution in [0.1, 0.15) is 41.7 Å². The van der Waals surface area contributed by atoms with E-state index < -0.39 is 5.97 Å². The molecular formula is C23H28N2O5. The van der Waals surface area contributed by atoms with Gasteiger partial charge in [-0.15, -0.1) is 0 Å². The first-order chi connectivity index (χ1) is 14.6. The minimum atomic E-state index is -0.449. The molecule has 30 heavy (non-hydrogen) atoms. The van der Waals surface area contributed by atoms with Crippen LogP contribution in [0.2, 0.25) is 0 Å². The van der Waals surface area contributed by atoms with E-state index in [0.29, 0.717) is 11.3 Å². The average molecular weight is 412 g/mol. The van der Waals surface area contributed by atoms with Crippen molar-refractivity contribution in [2.45, 2.75) is 25.8 Å². The minimum Gasteiger partial charge on any atom is -0.497 e. The Hall–Kier alpha value is -3.06. The lowest BCUT2D eigenvalue weighted by Gasteiger charge is -2.26. The fourth-order valence-corrected chi connectivity index (χ4v) is 3.81. The third-order valence-electron chi connectivity index (χ3n) is 5.21. The number of anilines is 1. The first-order valence-electron chi connectivity index (χ1n) is 10.1. The summed E-state index contributed by atoms with van der Waals surface area (Å²) in [5.41, 5.74) is 1.84. The standard InChI is InChI=1S/C23H28N2O5/c1-4-30-23(27)17-8-5-6-9-19(17)24-22(26)15-25-13-7-10-20(25)18-12-11-16(28-2)14-21(18)29-3/h5-6,8-9,11-12,14,20H,4,7,10,13,15H2,1-3H3,(H,24,26)/t20-/m0/s1. The van der Waals surface area contributed by atoms with E-state index in [1.54, 1.807) is 45.4 Å². The normalized spacial score (nSPS) is 16.2. The van der Waals surface area contributed by atoms with Gasteiger partial charge in [0.15, 0.2) is 0 Å². The first-order valence-corrected chi connectivity index (χ1v) is 10.1. The van der Waals surface area contributed by atoms with E-state index >= 15 is 0 Å². The molecule has 1 saturated heterocycles. The molecule has 0 aromatic heterocycles. The van der Waals surface area contributed by atoms with Crippen molar-refractivity contribution in [3.63, 3.8) is 0 Å². The Balaban J connectivity index is 1.72. The summed E-state index contributed by atoms with van der Waals surface area (Å²) in [5.74, 6) is 0.856. The molecular weight excluding hydrogens is 384 g/mol. The van der Waals surface area contributed by atoms with Gasteiger partial charge in [0.25, 0.3) is 0 Å². The van der Waals surface area contributed by atoms with Gasteiger partial charge < -0.3 is 19.5 Å². The molecule has 0 saturated carbocycles. The van der Waals surface area contributed by atoms with Crippen LogP contribution < -0.4 is 14.8 Å². The van der Waals surface area contributed by atoms with Crippen molar-refractivity contribution in [3.8, 4) is 11.5 Å². The zero-order valence-electron chi connectivity index (χ0n) is 17.6. The predicted octanol–water partition coefficient (Wildman–Crippen LogP) is 3.66. The monoisotopic (exact) mass is 412 g/mol. The maximum Gasteiger partial charge on any atom is 0.340 e. The average Bonchev–Trinajstić information content (AvgIpc) is 3.21. The molecule has 1 aliphatic heterocycles. The zero-order chi connectivity index (χ0) is 21.5. The molecule has 1 amide bonds. The van der Waals surface area contributed by atoms with E-state index in [0.717, 1.165) is 36.4 Å². The van der Waals surface area contributed by atoms with E-state index in [1.807, 2.05) is 18.2 Å². The van der Waals surface area contributed by atoms with Gasteiger partial charge in [0.2, 0.25) is 5.91 Å². The lowest BCUT2D eigenvalue weighted by Crippen LogP contribution is -2.33. The Morgan fingerprint density at radius 2 is 1.93 bits per heavy atom. The van der Waals surface area contributed by atoms with E-state index in [9.17, 15) is 9.59 Å². The number of nitrogens with one attached hydrogen (secondary N) is 1. The van der Waals surface area contributed by atoms with Gasteiger partial charge in [-0.1, -0.05) is 18.2 Å². The van der Waals surface area contributed by atoms with Crippen LogP contribution in [0.15, 0.2) is 42.5 Å². The third-order valence-corrected chi connectivity index (χ3v) is 5.21. The summed E-state index contributed by atoms with van der Waals surface area (Å²) < 4.78 is 15.9. The molecule has 1 N–H and O–H groups in total. The van der Waals surface area contributed by atoms with Crippen LogP contribution in [0, 0.1) is 0 Å². The highest BCUT2D eigenvalue weighted by molar-refractivity contribution is 6.01. The number of benzene rings is 2. The van der Waals surface area contributed by atoms with E-state index in [2.05, 4.69) is 10.2 Å². The number of likely N-dealkylation sites (tertiary alicyclic amines) is 1. The summed E-state index contributed by atoms with van der Waals surface area (Å²) in [6.45, 7) is 3.06. The van der Waals surface area contributed by atoms with E-state index in [1.165, 1.54) is 0 Å². The number of hydrogen-bond donors (Lipinski definition) is 1. The number of amides is 1. The van der Waals surface area contributed by atoms with Crippen LogP contribution in [0.3, 0.4) is 0 Å². The molecule has 0 unspecified atom stereocenters. The number of para-hydroxylation sites is 1. The number of methoxy groups -OCH3 is 2. The Morgan fingerprint density at radius 1 is 1.13 bits per heavy atom. The van der Waals surface area contributed by atoms with Crippen molar-refractivity contribution in [1.82, 2.24) is 4.90 Å². The van der Waals surface area contributed by atoms with Crippen molar-refractivity contribution >= 4 is 17.6 Å². The number of rotatable bonds is 8. The summed E-state index contributed by atoms with van der Waals surface area (Å²) in [6.07, 6.45) is 1.93. The molecule has 7 nitrogen and oxygen atoms in total. The molecule has 0 spiro atoms. The number of nitrogens with zero attached hydrogens (tertiary/aromatic N) is 1. The smallest absolute Gasteiger partial charge is 0.340 e. The van der Waals surface area contributed by atoms with Gasteiger partial charge in [0.1, 0.15) is 11.5 Å². The second kappa shape index (κ2) is 10.1. The fourth-order valence-electron chi connectivity index (χ4n) is 3.81. The van der Waals surface area contributed by atoms with Crippen LogP contribution in [-0.4, -0.2) is 50.7 Å². The number of hydrogen-bond acceptors (Lipinski definition) is 6. The van der Waals surface area contributed by atoms with Gasteiger partial charge in [-0.3, -0.25) is 9.69 Å². The van der Waals surface area contributed by atoms with Crippen LogP contribution in [0.25, 0.3) is 0 Å². The lowest BCUT2D eigenvalue weighted by atomic mass is 10.0. The Kier molecular flexibility index (Phi) is 7.30. The SMILES string of the molecule is CCOC(=O)c1ccccc1NC(=O)CN1CCC[C@H]1c1ccc(OC)cc1OC. The summed E-state index contributed by atoms with van der Waals surface area (Å²) in [7, 11) is 3.26. The number of carbonyl (C=O) groups is 2. The quantitative estimate of drug-likeness (QED) is 0.667. The molecule has 7 heteroatoms. The topological polar surface area (TPSA) is 77.1 Å². The summed E-state index contributed by atoms with van der Waals surface area (Å²) in [6, 6.07) is 12.7. The van der Waals surface area contributed by atoms with Crippen molar-refractivity contribution in [3.05, 3.63) is 53.6 Å². The second-order valence-corrected chi connectivity index (χ2v) is 7.05. The van der Waals surface area contributed by atoms with Crippen LogP contribution in [-0.2, 0) is 9.53 Å². The van der Waals surface area contributed by atoms with Crippen LogP contribution in [0.4, 0.5) is 5.69 Å². The lowest BCUT2D eigenvalue weighted by molar-refractivity contribution is -0.117. The van der Waals surface area contributed by atoms with Gasteiger partial charge >= 0.3 is 5.97 Å². The highest BCUT2D eigenvalue weighted by Gasteiger charge is 2.30. The van der Waals surface area contributed by atoms with Gasteiger partial charge in [0, 0.05) is 17.7 Å². The zero-order valence-corrected chi connectivity index (χ0v) is 17.6. The number of ether oxygens (including phenoxy) is 3. The van der Waals surface area contributed by atoms with Crippen molar-refractivity contribution in [1.29, 1.82) is 0 Å². The summed E-state index contributed by atoms with van der Waals surface area (Å²) >= 11 is 0. The summed E-state index contributed by atoms with van der Waals surface area (Å²) in [5, 5.41) is 2.86. The van der Waals surface area contributed by atoms with Crippen LogP contribution >= 0.6 is 0 Å². The summed E-state index contributed by atoms with van der Waals surface area (Å²) in [4.78, 5) is 27.1. The molecule has 1 atom stereocenters. The largest absolute Gasteiger partial charge is 0.497 e. The Bertz CT molecular complexity index is 899. The van der Waals surface area contributed by atoms with Gasteiger partial charge in [0.05, 0.1) is 38.6 Å². The molecule has 2 aromatic carbocycles. The van der Waals surface area contributed by atoms with E-state index in [-0.39, 0.29) is 25.1 Å². The first kappa shape index (κ1) is 21.6.